The first-order chi connectivity index (χ1) is 14.5. The highest BCUT2D eigenvalue weighted by molar-refractivity contribution is 5.93. The van der Waals surface area contributed by atoms with Crippen LogP contribution in [0.3, 0.4) is 0 Å². The molecule has 154 valence electrons. The van der Waals surface area contributed by atoms with Gasteiger partial charge in [0.05, 0.1) is 6.04 Å². The Bertz CT molecular complexity index is 1050. The molecule has 2 aromatic carbocycles. The third-order valence-corrected chi connectivity index (χ3v) is 5.62. The predicted octanol–water partition coefficient (Wildman–Crippen LogP) is 4.46. The molecule has 4 rings (SSSR count). The first kappa shape index (κ1) is 20.0. The number of carbonyl (C=O) groups excluding carboxylic acids is 2. The highest BCUT2D eigenvalue weighted by atomic mass is 16.2. The van der Waals surface area contributed by atoms with Gasteiger partial charge in [0.25, 0.3) is 0 Å². The molecule has 0 spiro atoms. The molecule has 0 radical (unpaired) electrons. The van der Waals surface area contributed by atoms with E-state index in [1.54, 1.807) is 0 Å². The minimum absolute atomic E-state index is 0.00742. The van der Waals surface area contributed by atoms with Gasteiger partial charge in [-0.2, -0.15) is 0 Å². The van der Waals surface area contributed by atoms with Gasteiger partial charge in [0.15, 0.2) is 0 Å². The van der Waals surface area contributed by atoms with Crippen LogP contribution in [-0.4, -0.2) is 27.8 Å². The Morgan fingerprint density at radius 1 is 0.933 bits per heavy atom. The lowest BCUT2D eigenvalue weighted by molar-refractivity contribution is -0.135. The van der Waals surface area contributed by atoms with Crippen LogP contribution >= 0.6 is 0 Å². The third kappa shape index (κ3) is 4.30. The zero-order chi connectivity index (χ0) is 21.1. The monoisotopic (exact) mass is 401 g/mol. The van der Waals surface area contributed by atoms with Crippen molar-refractivity contribution in [2.75, 3.05) is 11.9 Å². The molecule has 5 nitrogen and oxygen atoms in total. The molecule has 30 heavy (non-hydrogen) atoms. The standard InChI is InChI=1S/C25H27N3O2/c1-18-8-10-21(11-9-18)26-23(29)12-13-24(30)28-16-15-27-14-4-7-22(27)25(28)20-6-3-5-19(2)17-20/h3-11,14,17,25H,12-13,15-16H2,1-2H3,(H,26,29)/t25-/m1/s1. The lowest BCUT2D eigenvalue weighted by Crippen LogP contribution is -2.42. The van der Waals surface area contributed by atoms with Gasteiger partial charge < -0.3 is 14.8 Å². The maximum atomic E-state index is 13.1. The second-order valence-corrected chi connectivity index (χ2v) is 7.94. The van der Waals surface area contributed by atoms with E-state index in [4.69, 9.17) is 0 Å². The molecule has 0 fully saturated rings. The summed E-state index contributed by atoms with van der Waals surface area (Å²) in [5, 5.41) is 2.88. The maximum absolute atomic E-state index is 13.1. The molecule has 5 heteroatoms. The molecule has 3 aromatic rings. The summed E-state index contributed by atoms with van der Waals surface area (Å²) in [6.45, 7) is 5.47. The van der Waals surface area contributed by atoms with Crippen molar-refractivity contribution in [1.82, 2.24) is 9.47 Å². The molecule has 0 saturated carbocycles. The third-order valence-electron chi connectivity index (χ3n) is 5.62. The Morgan fingerprint density at radius 2 is 1.73 bits per heavy atom. The van der Waals surface area contributed by atoms with E-state index in [2.05, 4.69) is 47.3 Å². The zero-order valence-corrected chi connectivity index (χ0v) is 17.5. The van der Waals surface area contributed by atoms with E-state index >= 15 is 0 Å². The van der Waals surface area contributed by atoms with Crippen LogP contribution < -0.4 is 5.32 Å². The van der Waals surface area contributed by atoms with E-state index in [1.165, 1.54) is 5.56 Å². The topological polar surface area (TPSA) is 54.3 Å². The molecule has 0 aliphatic carbocycles. The summed E-state index contributed by atoms with van der Waals surface area (Å²) < 4.78 is 2.21. The van der Waals surface area contributed by atoms with Crippen LogP contribution in [-0.2, 0) is 16.1 Å². The van der Waals surface area contributed by atoms with Gasteiger partial charge in [-0.05, 0) is 43.7 Å². The fourth-order valence-corrected chi connectivity index (χ4v) is 4.07. The van der Waals surface area contributed by atoms with Crippen LogP contribution in [0.5, 0.6) is 0 Å². The first-order valence-corrected chi connectivity index (χ1v) is 10.4. The fourth-order valence-electron chi connectivity index (χ4n) is 4.07. The van der Waals surface area contributed by atoms with Crippen LogP contribution in [0.25, 0.3) is 0 Å². The summed E-state index contributed by atoms with van der Waals surface area (Å²) in [4.78, 5) is 27.4. The number of carbonyl (C=O) groups is 2. The maximum Gasteiger partial charge on any atom is 0.224 e. The quantitative estimate of drug-likeness (QED) is 0.686. The summed E-state index contributed by atoms with van der Waals surface area (Å²) in [5.41, 5.74) is 5.28. The van der Waals surface area contributed by atoms with Crippen molar-refractivity contribution in [3.63, 3.8) is 0 Å². The number of nitrogens with one attached hydrogen (secondary N) is 1. The Hall–Kier alpha value is -3.34. The van der Waals surface area contributed by atoms with E-state index in [0.717, 1.165) is 29.1 Å². The van der Waals surface area contributed by atoms with Crippen molar-refractivity contribution in [3.8, 4) is 0 Å². The first-order valence-electron chi connectivity index (χ1n) is 10.4. The van der Waals surface area contributed by atoms with Crippen LogP contribution in [0.4, 0.5) is 5.69 Å². The van der Waals surface area contributed by atoms with Gasteiger partial charge >= 0.3 is 0 Å². The largest absolute Gasteiger partial charge is 0.348 e. The summed E-state index contributed by atoms with van der Waals surface area (Å²) in [6, 6.07) is 20.0. The van der Waals surface area contributed by atoms with Crippen LogP contribution in [0.2, 0.25) is 0 Å². The number of benzene rings is 2. The van der Waals surface area contributed by atoms with E-state index in [0.29, 0.717) is 6.54 Å². The van der Waals surface area contributed by atoms with Gasteiger partial charge in [0.1, 0.15) is 0 Å². The molecule has 0 unspecified atom stereocenters. The van der Waals surface area contributed by atoms with Crippen molar-refractivity contribution >= 4 is 17.5 Å². The van der Waals surface area contributed by atoms with Crippen molar-refractivity contribution in [2.45, 2.75) is 39.3 Å². The number of nitrogens with zero attached hydrogens (tertiary/aromatic N) is 2. The zero-order valence-electron chi connectivity index (χ0n) is 17.5. The smallest absolute Gasteiger partial charge is 0.224 e. The molecule has 0 bridgehead atoms. The Balaban J connectivity index is 1.47. The van der Waals surface area contributed by atoms with Crippen molar-refractivity contribution < 1.29 is 9.59 Å². The number of anilines is 1. The van der Waals surface area contributed by atoms with E-state index in [-0.39, 0.29) is 30.7 Å². The lowest BCUT2D eigenvalue weighted by Gasteiger charge is -2.37. The van der Waals surface area contributed by atoms with Gasteiger partial charge in [0.2, 0.25) is 11.8 Å². The van der Waals surface area contributed by atoms with E-state index < -0.39 is 0 Å². The van der Waals surface area contributed by atoms with Crippen LogP contribution in [0.1, 0.15) is 41.3 Å². The van der Waals surface area contributed by atoms with Crippen molar-refractivity contribution in [1.29, 1.82) is 0 Å². The van der Waals surface area contributed by atoms with Gasteiger partial charge in [0, 0.05) is 43.5 Å². The average molecular weight is 402 g/mol. The number of aromatic nitrogens is 1. The molecule has 1 aliphatic heterocycles. The molecule has 0 saturated heterocycles. The van der Waals surface area contributed by atoms with Crippen LogP contribution in [0.15, 0.2) is 66.9 Å². The summed E-state index contributed by atoms with van der Waals surface area (Å²) in [7, 11) is 0. The SMILES string of the molecule is Cc1ccc(NC(=O)CCC(=O)N2CCn3cccc3[C@H]2c2cccc(C)c2)cc1. The molecule has 2 amide bonds. The predicted molar refractivity (Wildman–Crippen MR) is 118 cm³/mol. The fraction of sp³-hybridized carbons (Fsp3) is 0.280. The van der Waals surface area contributed by atoms with Gasteiger partial charge in [-0.15, -0.1) is 0 Å². The second-order valence-electron chi connectivity index (χ2n) is 7.94. The summed E-state index contributed by atoms with van der Waals surface area (Å²) >= 11 is 0. The number of hydrogen-bond donors (Lipinski definition) is 1. The lowest BCUT2D eigenvalue weighted by atomic mass is 9.98. The van der Waals surface area contributed by atoms with Crippen molar-refractivity contribution in [3.05, 3.63) is 89.2 Å². The Morgan fingerprint density at radius 3 is 2.50 bits per heavy atom. The number of hydrogen-bond acceptors (Lipinski definition) is 2. The number of rotatable bonds is 5. The number of aryl methyl sites for hydroxylation is 2. The number of fused-ring (bicyclic) bond motifs is 1. The van der Waals surface area contributed by atoms with Crippen LogP contribution in [0, 0.1) is 13.8 Å². The molecule has 1 atom stereocenters. The molecular weight excluding hydrogens is 374 g/mol. The van der Waals surface area contributed by atoms with Gasteiger partial charge in [-0.25, -0.2) is 0 Å². The minimum Gasteiger partial charge on any atom is -0.348 e. The highest BCUT2D eigenvalue weighted by Gasteiger charge is 2.32. The summed E-state index contributed by atoms with van der Waals surface area (Å²) in [5.74, 6) is -0.132. The van der Waals surface area contributed by atoms with Gasteiger partial charge in [-0.3, -0.25) is 9.59 Å². The minimum atomic E-state index is -0.139. The molecule has 1 N–H and O–H groups in total. The van der Waals surface area contributed by atoms with Gasteiger partial charge in [-0.1, -0.05) is 47.5 Å². The van der Waals surface area contributed by atoms with E-state index in [9.17, 15) is 9.59 Å². The summed E-state index contributed by atoms with van der Waals surface area (Å²) in [6.07, 6.45) is 2.43. The Labute approximate surface area is 177 Å². The highest BCUT2D eigenvalue weighted by Crippen LogP contribution is 2.33. The Kier molecular flexibility index (Phi) is 5.70. The van der Waals surface area contributed by atoms with E-state index in [1.807, 2.05) is 48.2 Å². The molecule has 1 aliphatic rings. The average Bonchev–Trinajstić information content (AvgIpc) is 3.22. The second kappa shape index (κ2) is 8.57. The normalized spacial score (nSPS) is 15.5. The van der Waals surface area contributed by atoms with Crippen molar-refractivity contribution in [2.24, 2.45) is 0 Å². The molecule has 1 aromatic heterocycles. The number of amides is 2. The molecular formula is C25H27N3O2. The molecule has 2 heterocycles.